The number of amides is 1. The molecule has 1 atom stereocenters. The minimum Gasteiger partial charge on any atom is -0.373 e. The number of carbonyl (C=O) groups is 1. The largest absolute Gasteiger partial charge is 0.373 e. The quantitative estimate of drug-likeness (QED) is 0.824. The van der Waals surface area contributed by atoms with Crippen LogP contribution in [0.15, 0.2) is 52.2 Å². The van der Waals surface area contributed by atoms with Gasteiger partial charge in [-0.3, -0.25) is 19.1 Å². The van der Waals surface area contributed by atoms with Crippen LogP contribution in [0.4, 0.5) is 5.69 Å². The second-order valence-corrected chi connectivity index (χ2v) is 7.92. The van der Waals surface area contributed by atoms with Crippen LogP contribution in [0.5, 0.6) is 0 Å². The fraction of sp³-hybridized carbons (Fsp3) is 0.476. The van der Waals surface area contributed by atoms with Crippen molar-refractivity contribution < 1.29 is 9.53 Å². The smallest absolute Gasteiger partial charge is 0.328 e. The third kappa shape index (κ3) is 4.12. The number of nitrogens with zero attached hydrogens (tertiary/aromatic N) is 3. The van der Waals surface area contributed by atoms with Gasteiger partial charge in [-0.15, -0.1) is 0 Å². The van der Waals surface area contributed by atoms with Crippen molar-refractivity contribution in [2.24, 2.45) is 0 Å². The van der Waals surface area contributed by atoms with Crippen molar-refractivity contribution in [3.63, 3.8) is 0 Å². The lowest BCUT2D eigenvalue weighted by molar-refractivity contribution is -0.136. The average molecular weight is 398 g/mol. The van der Waals surface area contributed by atoms with Crippen LogP contribution in [0.2, 0.25) is 0 Å². The van der Waals surface area contributed by atoms with Gasteiger partial charge in [-0.05, 0) is 31.4 Å². The third-order valence-electron chi connectivity index (χ3n) is 6.13. The summed E-state index contributed by atoms with van der Waals surface area (Å²) < 4.78 is 7.47. The summed E-state index contributed by atoms with van der Waals surface area (Å²) in [5, 5.41) is 0. The molecule has 2 fully saturated rings. The van der Waals surface area contributed by atoms with Gasteiger partial charge in [0, 0.05) is 38.1 Å². The molecule has 29 heavy (non-hydrogen) atoms. The number of hydrogen-bond donors (Lipinski definition) is 1. The number of benzene rings is 1. The number of anilines is 1. The summed E-state index contributed by atoms with van der Waals surface area (Å²) in [6, 6.07) is 11.9. The molecule has 1 aromatic heterocycles. The van der Waals surface area contributed by atoms with E-state index in [1.807, 2.05) is 18.2 Å². The van der Waals surface area contributed by atoms with Crippen LogP contribution in [0.3, 0.4) is 0 Å². The maximum Gasteiger partial charge on any atom is 0.328 e. The number of para-hydroxylation sites is 1. The van der Waals surface area contributed by atoms with Crippen molar-refractivity contribution in [1.82, 2.24) is 14.5 Å². The van der Waals surface area contributed by atoms with E-state index in [0.29, 0.717) is 25.7 Å². The van der Waals surface area contributed by atoms with Crippen LogP contribution >= 0.6 is 0 Å². The number of rotatable bonds is 4. The maximum absolute atomic E-state index is 12.6. The number of nitrogens with one attached hydrogen (secondary N) is 1. The molecule has 1 aromatic carbocycles. The molecule has 8 heteroatoms. The van der Waals surface area contributed by atoms with E-state index >= 15 is 0 Å². The number of aromatic nitrogens is 2. The van der Waals surface area contributed by atoms with Crippen molar-refractivity contribution in [3.05, 3.63) is 63.4 Å². The van der Waals surface area contributed by atoms with Crippen LogP contribution in [0.1, 0.15) is 19.3 Å². The highest BCUT2D eigenvalue weighted by molar-refractivity contribution is 5.76. The van der Waals surface area contributed by atoms with Gasteiger partial charge >= 0.3 is 5.69 Å². The van der Waals surface area contributed by atoms with Gasteiger partial charge in [-0.25, -0.2) is 4.79 Å². The monoisotopic (exact) mass is 398 g/mol. The number of likely N-dealkylation sites (N-methyl/N-ethyl adjacent to an activating group) is 1. The average Bonchev–Trinajstić information content (AvgIpc) is 3.14. The zero-order valence-corrected chi connectivity index (χ0v) is 16.5. The lowest BCUT2D eigenvalue weighted by atomic mass is 9.87. The Morgan fingerprint density at radius 2 is 1.93 bits per heavy atom. The van der Waals surface area contributed by atoms with E-state index in [1.54, 1.807) is 4.90 Å². The number of piperidine rings is 1. The molecular formula is C21H26N4O4. The van der Waals surface area contributed by atoms with Gasteiger partial charge in [-0.2, -0.15) is 0 Å². The summed E-state index contributed by atoms with van der Waals surface area (Å²) >= 11 is 0. The molecule has 154 valence electrons. The fourth-order valence-electron chi connectivity index (χ4n) is 4.27. The molecule has 2 aliphatic rings. The molecule has 0 bridgehead atoms. The van der Waals surface area contributed by atoms with Gasteiger partial charge < -0.3 is 14.5 Å². The minimum atomic E-state index is -0.565. The second-order valence-electron chi connectivity index (χ2n) is 7.92. The van der Waals surface area contributed by atoms with Gasteiger partial charge in [-0.1, -0.05) is 18.2 Å². The zero-order chi connectivity index (χ0) is 20.4. The van der Waals surface area contributed by atoms with Gasteiger partial charge in [0.1, 0.15) is 6.54 Å². The zero-order valence-electron chi connectivity index (χ0n) is 16.5. The predicted molar refractivity (Wildman–Crippen MR) is 109 cm³/mol. The molecule has 2 saturated heterocycles. The summed E-state index contributed by atoms with van der Waals surface area (Å²) in [5.41, 5.74) is -0.0337. The number of carbonyl (C=O) groups excluding carboxylic acids is 1. The Labute approximate surface area is 168 Å². The van der Waals surface area contributed by atoms with Crippen LogP contribution in [0, 0.1) is 0 Å². The van der Waals surface area contributed by atoms with E-state index < -0.39 is 11.2 Å². The number of likely N-dealkylation sites (tertiary alicyclic amines) is 1. The second kappa shape index (κ2) is 7.87. The Bertz CT molecular complexity index is 976. The number of H-pyrrole nitrogens is 1. The molecule has 1 N–H and O–H groups in total. The van der Waals surface area contributed by atoms with E-state index in [2.05, 4.69) is 29.1 Å². The third-order valence-corrected chi connectivity index (χ3v) is 6.13. The Hall–Kier alpha value is -2.87. The molecule has 0 saturated carbocycles. The van der Waals surface area contributed by atoms with Crippen LogP contribution < -0.4 is 16.1 Å². The topological polar surface area (TPSA) is 87.6 Å². The van der Waals surface area contributed by atoms with Crippen molar-refractivity contribution in [3.8, 4) is 0 Å². The van der Waals surface area contributed by atoms with Crippen LogP contribution in [0.25, 0.3) is 0 Å². The fourth-order valence-corrected chi connectivity index (χ4v) is 4.27. The first kappa shape index (κ1) is 19.4. The summed E-state index contributed by atoms with van der Waals surface area (Å²) in [6.45, 7) is 1.84. The van der Waals surface area contributed by atoms with Crippen LogP contribution in [-0.4, -0.2) is 58.7 Å². The summed E-state index contributed by atoms with van der Waals surface area (Å²) in [6.07, 6.45) is 3.88. The summed E-state index contributed by atoms with van der Waals surface area (Å²) in [5.74, 6) is -0.120. The molecule has 4 rings (SSSR count). The number of ether oxygens (including phenoxy) is 1. The highest BCUT2D eigenvalue weighted by Crippen LogP contribution is 2.38. The molecule has 0 aliphatic carbocycles. The molecule has 1 amide bonds. The molecule has 8 nitrogen and oxygen atoms in total. The first-order chi connectivity index (χ1) is 14.0. The molecule has 1 spiro atoms. The van der Waals surface area contributed by atoms with E-state index in [0.717, 1.165) is 19.3 Å². The Morgan fingerprint density at radius 1 is 1.21 bits per heavy atom. The molecular weight excluding hydrogens is 372 g/mol. The minimum absolute atomic E-state index is 0.0666. The van der Waals surface area contributed by atoms with Crippen molar-refractivity contribution >= 4 is 11.6 Å². The lowest BCUT2D eigenvalue weighted by Gasteiger charge is -2.39. The van der Waals surface area contributed by atoms with Crippen molar-refractivity contribution in [2.45, 2.75) is 37.5 Å². The SMILES string of the molecule is CN(c1ccccc1)[C@@H]1COC2(CCN(C(=O)Cn3ccc(=O)[nH]c3=O)CC2)C1. The molecule has 2 aliphatic heterocycles. The highest BCUT2D eigenvalue weighted by Gasteiger charge is 2.44. The molecule has 0 unspecified atom stereocenters. The van der Waals surface area contributed by atoms with Crippen LogP contribution in [-0.2, 0) is 16.1 Å². The normalized spacial score (nSPS) is 20.7. The predicted octanol–water partition coefficient (Wildman–Crippen LogP) is 0.823. The van der Waals surface area contributed by atoms with Crippen molar-refractivity contribution in [2.75, 3.05) is 31.6 Å². The van der Waals surface area contributed by atoms with Crippen molar-refractivity contribution in [1.29, 1.82) is 0 Å². The molecule has 3 heterocycles. The van der Waals surface area contributed by atoms with Gasteiger partial charge in [0.05, 0.1) is 18.2 Å². The number of hydrogen-bond acceptors (Lipinski definition) is 5. The Morgan fingerprint density at radius 3 is 2.62 bits per heavy atom. The van der Waals surface area contributed by atoms with Gasteiger partial charge in [0.25, 0.3) is 5.56 Å². The van der Waals surface area contributed by atoms with E-state index in [9.17, 15) is 14.4 Å². The summed E-state index contributed by atoms with van der Waals surface area (Å²) in [4.78, 5) is 41.8. The Balaban J connectivity index is 1.34. The lowest BCUT2D eigenvalue weighted by Crippen LogP contribution is -2.48. The summed E-state index contributed by atoms with van der Waals surface area (Å²) in [7, 11) is 2.10. The first-order valence-electron chi connectivity index (χ1n) is 9.95. The van der Waals surface area contributed by atoms with Gasteiger partial charge in [0.15, 0.2) is 0 Å². The van der Waals surface area contributed by atoms with Gasteiger partial charge in [0.2, 0.25) is 5.91 Å². The first-order valence-corrected chi connectivity index (χ1v) is 9.95. The van der Waals surface area contributed by atoms with E-state index in [1.165, 1.54) is 22.5 Å². The number of aromatic amines is 1. The highest BCUT2D eigenvalue weighted by atomic mass is 16.5. The Kier molecular flexibility index (Phi) is 5.27. The standard InChI is InChI=1S/C21H26N4O4/c1-23(16-5-3-2-4-6-16)17-13-21(29-15-17)8-11-24(12-9-21)19(27)14-25-10-7-18(26)22-20(25)28/h2-7,10,17H,8-9,11-15H2,1H3,(H,22,26,28)/t17-/m0/s1. The van der Waals surface area contributed by atoms with E-state index in [-0.39, 0.29) is 18.1 Å². The molecule has 0 radical (unpaired) electrons. The van der Waals surface area contributed by atoms with E-state index in [4.69, 9.17) is 4.74 Å². The molecule has 2 aromatic rings. The maximum atomic E-state index is 12.6.